The summed E-state index contributed by atoms with van der Waals surface area (Å²) in [6, 6.07) is 45.7. The summed E-state index contributed by atoms with van der Waals surface area (Å²) < 4.78 is 42.5. The average Bonchev–Trinajstić information content (AvgIpc) is 3.11. The number of esters is 1. The van der Waals surface area contributed by atoms with Crippen molar-refractivity contribution in [2.75, 3.05) is 13.7 Å². The Morgan fingerprint density at radius 3 is 1.60 bits per heavy atom. The number of piperidine rings is 1. The molecule has 0 bridgehead atoms. The third kappa shape index (κ3) is 6.59. The predicted molar refractivity (Wildman–Crippen MR) is 191 cm³/mol. The number of hydrogen-bond acceptors (Lipinski definition) is 4. The van der Waals surface area contributed by atoms with Gasteiger partial charge >= 0.3 is 284 Å². The summed E-state index contributed by atoms with van der Waals surface area (Å²) in [5.41, 5.74) is 3.72. The first-order valence-electron chi connectivity index (χ1n) is 15.8. The summed E-state index contributed by atoms with van der Waals surface area (Å²) in [5.74, 6) is -1.17. The molecule has 0 aliphatic carbocycles. The number of benzene rings is 5. The first-order valence-corrected chi connectivity index (χ1v) is 23.2. The quantitative estimate of drug-likeness (QED) is 0.147. The standard InChI is InChI=1S/C22H24NO4S.3C6H5.Sn/c1-15-5-9-18(10-6-15)21-20(22(24)27-4)13-17(3)14-23(21)28(25,26)19-11-7-16(2)8-12-19;3*1-2-4-6-5-3-1;/h3,5-12,20-21H,13-14H2,1-2,4H3;3*1-5H;/t20-,21-;;;;/m0..../s1. The van der Waals surface area contributed by atoms with Crippen LogP contribution in [0.25, 0.3) is 0 Å². The van der Waals surface area contributed by atoms with Crippen molar-refractivity contribution in [2.45, 2.75) is 31.2 Å². The first kappa shape index (κ1) is 32.9. The van der Waals surface area contributed by atoms with Gasteiger partial charge in [0, 0.05) is 0 Å². The van der Waals surface area contributed by atoms with Gasteiger partial charge in [-0.3, -0.25) is 0 Å². The van der Waals surface area contributed by atoms with Crippen LogP contribution in [0.3, 0.4) is 0 Å². The summed E-state index contributed by atoms with van der Waals surface area (Å²) in [4.78, 5) is 13.9. The van der Waals surface area contributed by atoms with E-state index in [0.717, 1.165) is 22.3 Å². The van der Waals surface area contributed by atoms with Crippen LogP contribution in [0.4, 0.5) is 0 Å². The Kier molecular flexibility index (Phi) is 9.82. The van der Waals surface area contributed by atoms with Gasteiger partial charge in [-0.25, -0.2) is 0 Å². The fourth-order valence-electron chi connectivity index (χ4n) is 6.83. The summed E-state index contributed by atoms with van der Waals surface area (Å²) >= 11 is -4.00. The van der Waals surface area contributed by atoms with Crippen molar-refractivity contribution in [3.05, 3.63) is 166 Å². The molecule has 7 heteroatoms. The van der Waals surface area contributed by atoms with Crippen LogP contribution in [0.15, 0.2) is 154 Å². The molecule has 5 nitrogen and oxygen atoms in total. The number of methoxy groups -OCH3 is 1. The molecule has 1 saturated heterocycles. The van der Waals surface area contributed by atoms with E-state index in [0.29, 0.717) is 6.42 Å². The van der Waals surface area contributed by atoms with E-state index in [1.807, 2.05) is 68.4 Å². The van der Waals surface area contributed by atoms with Gasteiger partial charge in [-0.2, -0.15) is 0 Å². The van der Waals surface area contributed by atoms with Crippen molar-refractivity contribution < 1.29 is 17.9 Å². The van der Waals surface area contributed by atoms with Gasteiger partial charge in [0.25, 0.3) is 0 Å². The average molecular weight is 749 g/mol. The van der Waals surface area contributed by atoms with Gasteiger partial charge in [0.2, 0.25) is 0 Å². The number of rotatable bonds is 8. The minimum absolute atomic E-state index is 0.160. The Hall–Kier alpha value is -3.98. The zero-order chi connectivity index (χ0) is 33.0. The zero-order valence-electron chi connectivity index (χ0n) is 26.9. The van der Waals surface area contributed by atoms with E-state index < -0.39 is 46.3 Å². The van der Waals surface area contributed by atoms with E-state index in [4.69, 9.17) is 4.74 Å². The van der Waals surface area contributed by atoms with Gasteiger partial charge < -0.3 is 0 Å². The van der Waals surface area contributed by atoms with Crippen LogP contribution in [0.1, 0.15) is 29.2 Å². The van der Waals surface area contributed by atoms with Crippen LogP contribution in [0, 0.1) is 19.8 Å². The molecule has 0 spiro atoms. The molecule has 0 N–H and O–H groups in total. The second-order valence-electron chi connectivity index (χ2n) is 12.3. The van der Waals surface area contributed by atoms with Crippen molar-refractivity contribution in [1.82, 2.24) is 4.31 Å². The number of sulfonamides is 1. The number of ether oxygens (including phenoxy) is 1. The fourth-order valence-corrected chi connectivity index (χ4v) is 21.3. The molecular weight excluding hydrogens is 709 g/mol. The van der Waals surface area contributed by atoms with Crippen molar-refractivity contribution in [3.63, 3.8) is 0 Å². The summed E-state index contributed by atoms with van der Waals surface area (Å²) in [5, 5.41) is 0. The van der Waals surface area contributed by atoms with E-state index in [-0.39, 0.29) is 11.4 Å². The minimum atomic E-state index is -4.04. The van der Waals surface area contributed by atoms with Crippen LogP contribution >= 0.6 is 0 Å². The van der Waals surface area contributed by atoms with Crippen LogP contribution in [-0.2, 0) is 19.6 Å². The van der Waals surface area contributed by atoms with Crippen molar-refractivity contribution in [3.8, 4) is 0 Å². The molecule has 6 rings (SSSR count). The molecule has 0 unspecified atom stereocenters. The molecule has 0 aromatic heterocycles. The Balaban J connectivity index is 1.62. The van der Waals surface area contributed by atoms with Crippen molar-refractivity contribution in [2.24, 2.45) is 5.92 Å². The Bertz CT molecular complexity index is 1870. The summed E-state index contributed by atoms with van der Waals surface area (Å²) in [7, 11) is -2.65. The van der Waals surface area contributed by atoms with E-state index >= 15 is 0 Å². The molecule has 5 aromatic carbocycles. The van der Waals surface area contributed by atoms with E-state index in [1.165, 1.54) is 22.2 Å². The topological polar surface area (TPSA) is 63.7 Å². The Morgan fingerprint density at radius 1 is 0.702 bits per heavy atom. The summed E-state index contributed by atoms with van der Waals surface area (Å²) in [6.45, 7) is 4.09. The molecule has 47 heavy (non-hydrogen) atoms. The number of nitrogens with zero attached hydrogens (tertiary/aromatic N) is 1. The number of aryl methyl sites for hydroxylation is 2. The third-order valence-corrected chi connectivity index (χ3v) is 24.1. The monoisotopic (exact) mass is 749 g/mol. The SMILES string of the molecule is COC(=O)[C@H]1C/C(=[CH]/[Sn]([c]2ccccc2)([c]2ccccc2)[c]2ccccc2)CN(S(=O)(=O)c2ccc(C)cc2)[C@H]1c1ccc(C)cc1. The molecule has 5 aromatic rings. The maximum atomic E-state index is 14.7. The van der Waals surface area contributed by atoms with Crippen LogP contribution in [0.2, 0.25) is 0 Å². The zero-order valence-corrected chi connectivity index (χ0v) is 30.6. The number of carbonyl (C=O) groups is 1. The van der Waals surface area contributed by atoms with Crippen LogP contribution < -0.4 is 10.7 Å². The number of carbonyl (C=O) groups excluding carboxylic acids is 1. The maximum absolute atomic E-state index is 14.7. The number of hydrogen-bond donors (Lipinski definition) is 0. The normalized spacial score (nSPS) is 18.1. The van der Waals surface area contributed by atoms with Gasteiger partial charge in [0.05, 0.1) is 0 Å². The molecule has 0 saturated carbocycles. The van der Waals surface area contributed by atoms with E-state index in [1.54, 1.807) is 12.1 Å². The fraction of sp³-hybridized carbons (Fsp3) is 0.175. The molecule has 1 aliphatic heterocycles. The molecule has 0 radical (unpaired) electrons. The predicted octanol–water partition coefficient (Wildman–Crippen LogP) is 5.86. The molecule has 1 heterocycles. The van der Waals surface area contributed by atoms with Crippen molar-refractivity contribution >= 4 is 45.1 Å². The molecule has 238 valence electrons. The van der Waals surface area contributed by atoms with Gasteiger partial charge in [-0.15, -0.1) is 0 Å². The Morgan fingerprint density at radius 2 is 1.15 bits per heavy atom. The third-order valence-electron chi connectivity index (χ3n) is 9.19. The van der Waals surface area contributed by atoms with E-state index in [9.17, 15) is 13.2 Å². The van der Waals surface area contributed by atoms with Crippen LogP contribution in [0.5, 0.6) is 0 Å². The Labute approximate surface area is 282 Å². The van der Waals surface area contributed by atoms with Gasteiger partial charge in [0.1, 0.15) is 0 Å². The first-order chi connectivity index (χ1) is 22.7. The van der Waals surface area contributed by atoms with Crippen LogP contribution in [-0.4, -0.2) is 50.7 Å². The van der Waals surface area contributed by atoms with Crippen molar-refractivity contribution in [1.29, 1.82) is 0 Å². The van der Waals surface area contributed by atoms with Gasteiger partial charge in [-0.1, -0.05) is 0 Å². The summed E-state index contributed by atoms with van der Waals surface area (Å²) in [6.07, 6.45) is 0.385. The molecular formula is C40H39NO4SSn. The second-order valence-corrected chi connectivity index (χ2v) is 24.5. The molecule has 0 amide bonds. The molecule has 1 fully saturated rings. The second kappa shape index (κ2) is 14.0. The van der Waals surface area contributed by atoms with Gasteiger partial charge in [0.15, 0.2) is 0 Å². The van der Waals surface area contributed by atoms with Gasteiger partial charge in [-0.05, 0) is 0 Å². The van der Waals surface area contributed by atoms with E-state index in [2.05, 4.69) is 76.9 Å². The molecule has 2 atom stereocenters. The molecule has 1 aliphatic rings.